The van der Waals surface area contributed by atoms with Crippen molar-refractivity contribution in [1.29, 1.82) is 0 Å². The van der Waals surface area contributed by atoms with Crippen molar-refractivity contribution in [1.82, 2.24) is 9.71 Å². The van der Waals surface area contributed by atoms with Gasteiger partial charge in [-0.3, -0.25) is 5.32 Å². The van der Waals surface area contributed by atoms with Crippen LogP contribution in [0.25, 0.3) is 11.3 Å². The van der Waals surface area contributed by atoms with Gasteiger partial charge in [0.15, 0.2) is 0 Å². The van der Waals surface area contributed by atoms with E-state index in [4.69, 9.17) is 4.74 Å². The van der Waals surface area contributed by atoms with Crippen LogP contribution in [0.5, 0.6) is 0 Å². The fourth-order valence-corrected chi connectivity index (χ4v) is 2.51. The second-order valence-corrected chi connectivity index (χ2v) is 8.66. The average molecular weight is 377 g/mol. The molecule has 0 saturated heterocycles. The molecule has 0 aliphatic rings. The highest BCUT2D eigenvalue weighted by molar-refractivity contribution is 7.88. The van der Waals surface area contributed by atoms with Gasteiger partial charge >= 0.3 is 6.09 Å². The molecule has 2 aromatic rings. The van der Waals surface area contributed by atoms with Crippen LogP contribution in [0, 0.1) is 0 Å². The summed E-state index contributed by atoms with van der Waals surface area (Å²) in [6.45, 7) is 5.59. The zero-order valence-electron chi connectivity index (χ0n) is 15.2. The number of amides is 1. The summed E-state index contributed by atoms with van der Waals surface area (Å²) in [7, 11) is -3.23. The summed E-state index contributed by atoms with van der Waals surface area (Å²) in [4.78, 5) is 16.2. The maximum absolute atomic E-state index is 11.8. The molecule has 0 aliphatic heterocycles. The minimum Gasteiger partial charge on any atom is -0.444 e. The molecule has 0 fully saturated rings. The van der Waals surface area contributed by atoms with E-state index in [9.17, 15) is 13.2 Å². The van der Waals surface area contributed by atoms with Gasteiger partial charge in [0.1, 0.15) is 11.4 Å². The molecule has 2 N–H and O–H groups in total. The van der Waals surface area contributed by atoms with Crippen LogP contribution in [-0.2, 0) is 21.3 Å². The number of rotatable bonds is 5. The van der Waals surface area contributed by atoms with E-state index in [0.717, 1.165) is 17.4 Å². The van der Waals surface area contributed by atoms with E-state index < -0.39 is 21.7 Å². The summed E-state index contributed by atoms with van der Waals surface area (Å²) < 4.78 is 29.9. The van der Waals surface area contributed by atoms with Crippen molar-refractivity contribution in [3.8, 4) is 11.3 Å². The van der Waals surface area contributed by atoms with Crippen molar-refractivity contribution in [2.45, 2.75) is 32.9 Å². The zero-order chi connectivity index (χ0) is 19.4. The van der Waals surface area contributed by atoms with Gasteiger partial charge < -0.3 is 4.74 Å². The molecule has 8 heteroatoms. The number of pyridine rings is 1. The van der Waals surface area contributed by atoms with E-state index >= 15 is 0 Å². The van der Waals surface area contributed by atoms with Crippen LogP contribution in [-0.4, -0.2) is 31.4 Å². The number of anilines is 1. The molecule has 140 valence electrons. The Bertz CT molecular complexity index is 872. The first-order chi connectivity index (χ1) is 12.0. The van der Waals surface area contributed by atoms with Gasteiger partial charge in [-0.05, 0) is 38.5 Å². The first-order valence-electron chi connectivity index (χ1n) is 8.03. The number of sulfonamides is 1. The van der Waals surface area contributed by atoms with Crippen LogP contribution >= 0.6 is 0 Å². The van der Waals surface area contributed by atoms with Crippen molar-refractivity contribution in [2.75, 3.05) is 11.6 Å². The van der Waals surface area contributed by atoms with Gasteiger partial charge in [-0.2, -0.15) is 0 Å². The second kappa shape index (κ2) is 7.84. The Morgan fingerprint density at radius 3 is 2.35 bits per heavy atom. The number of carbonyl (C=O) groups excluding carboxylic acids is 1. The molecular weight excluding hydrogens is 354 g/mol. The first-order valence-corrected chi connectivity index (χ1v) is 9.92. The van der Waals surface area contributed by atoms with Crippen molar-refractivity contribution in [2.24, 2.45) is 0 Å². The van der Waals surface area contributed by atoms with Gasteiger partial charge in [-0.25, -0.2) is 22.9 Å². The third-order valence-electron chi connectivity index (χ3n) is 3.17. The molecule has 1 aromatic heterocycles. The first kappa shape index (κ1) is 19.9. The van der Waals surface area contributed by atoms with Crippen LogP contribution in [0.2, 0.25) is 0 Å². The molecule has 0 atom stereocenters. The topological polar surface area (TPSA) is 97.4 Å². The molecule has 0 bridgehead atoms. The van der Waals surface area contributed by atoms with Gasteiger partial charge in [0.25, 0.3) is 0 Å². The van der Waals surface area contributed by atoms with Crippen molar-refractivity contribution < 1.29 is 17.9 Å². The summed E-state index contributed by atoms with van der Waals surface area (Å²) >= 11 is 0. The van der Waals surface area contributed by atoms with Gasteiger partial charge in [0, 0.05) is 12.1 Å². The van der Waals surface area contributed by atoms with Crippen LogP contribution in [0.1, 0.15) is 26.3 Å². The maximum Gasteiger partial charge on any atom is 0.413 e. The fraction of sp³-hybridized carbons (Fsp3) is 0.333. The minimum absolute atomic E-state index is 0.229. The number of carbonyl (C=O) groups is 1. The smallest absolute Gasteiger partial charge is 0.413 e. The van der Waals surface area contributed by atoms with Crippen molar-refractivity contribution >= 4 is 21.9 Å². The molecule has 7 nitrogen and oxygen atoms in total. The molecule has 26 heavy (non-hydrogen) atoms. The van der Waals surface area contributed by atoms with E-state index in [1.165, 1.54) is 0 Å². The molecule has 0 aliphatic carbocycles. The predicted octanol–water partition coefficient (Wildman–Crippen LogP) is 3.14. The molecule has 0 radical (unpaired) electrons. The zero-order valence-corrected chi connectivity index (χ0v) is 16.1. The average Bonchev–Trinajstić information content (AvgIpc) is 2.51. The van der Waals surface area contributed by atoms with Crippen LogP contribution < -0.4 is 10.0 Å². The second-order valence-electron chi connectivity index (χ2n) is 6.83. The lowest BCUT2D eigenvalue weighted by atomic mass is 10.1. The maximum atomic E-state index is 11.8. The quantitative estimate of drug-likeness (QED) is 0.834. The minimum atomic E-state index is -3.23. The molecule has 0 saturated carbocycles. The Kier molecular flexibility index (Phi) is 5.99. The molecule has 0 spiro atoms. The van der Waals surface area contributed by atoms with E-state index in [-0.39, 0.29) is 6.54 Å². The normalized spacial score (nSPS) is 11.8. The van der Waals surface area contributed by atoms with Crippen LogP contribution in [0.15, 0.2) is 42.5 Å². The highest BCUT2D eigenvalue weighted by Gasteiger charge is 2.16. The number of aromatic nitrogens is 1. The molecular formula is C18H23N3O4S. The summed E-state index contributed by atoms with van der Waals surface area (Å²) in [5.74, 6) is 0.388. The molecule has 1 amide bonds. The van der Waals surface area contributed by atoms with Crippen molar-refractivity contribution in [3.63, 3.8) is 0 Å². The SMILES string of the molecule is CC(C)(C)OC(=O)Nc1cccc(-c2ccc(CNS(C)(=O)=O)cc2)n1. The Labute approximate surface area is 153 Å². The van der Waals surface area contributed by atoms with E-state index in [1.807, 2.05) is 30.3 Å². The van der Waals surface area contributed by atoms with Crippen molar-refractivity contribution in [3.05, 3.63) is 48.0 Å². The van der Waals surface area contributed by atoms with Gasteiger partial charge in [0.2, 0.25) is 10.0 Å². The van der Waals surface area contributed by atoms with E-state index in [0.29, 0.717) is 11.5 Å². The number of hydrogen-bond acceptors (Lipinski definition) is 5. The Hall–Kier alpha value is -2.45. The number of nitrogens with one attached hydrogen (secondary N) is 2. The van der Waals surface area contributed by atoms with E-state index in [1.54, 1.807) is 32.9 Å². The van der Waals surface area contributed by atoms with Gasteiger partial charge in [0.05, 0.1) is 11.9 Å². The van der Waals surface area contributed by atoms with E-state index in [2.05, 4.69) is 15.0 Å². The summed E-state index contributed by atoms with van der Waals surface area (Å²) in [5, 5.41) is 2.61. The predicted molar refractivity (Wildman–Crippen MR) is 101 cm³/mol. The summed E-state index contributed by atoms with van der Waals surface area (Å²) in [5.41, 5.74) is 1.78. The number of nitrogens with zero attached hydrogens (tertiary/aromatic N) is 1. The lowest BCUT2D eigenvalue weighted by Gasteiger charge is -2.19. The molecule has 2 rings (SSSR count). The Morgan fingerprint density at radius 2 is 1.77 bits per heavy atom. The summed E-state index contributed by atoms with van der Waals surface area (Å²) in [6, 6.07) is 12.6. The molecule has 1 heterocycles. The highest BCUT2D eigenvalue weighted by Crippen LogP contribution is 2.20. The van der Waals surface area contributed by atoms with Crippen LogP contribution in [0.3, 0.4) is 0 Å². The Morgan fingerprint density at radius 1 is 1.12 bits per heavy atom. The third-order valence-corrected chi connectivity index (χ3v) is 3.84. The third kappa shape index (κ3) is 6.81. The van der Waals surface area contributed by atoms with Gasteiger partial charge in [-0.1, -0.05) is 30.3 Å². The lowest BCUT2D eigenvalue weighted by Crippen LogP contribution is -2.27. The molecule has 0 unspecified atom stereocenters. The molecule has 1 aromatic carbocycles. The standard InChI is InChI=1S/C18H23N3O4S/c1-18(2,3)25-17(22)21-16-7-5-6-15(20-16)14-10-8-13(9-11-14)12-19-26(4,23)24/h5-11,19H,12H2,1-4H3,(H,20,21,22). The lowest BCUT2D eigenvalue weighted by molar-refractivity contribution is 0.0635. The fourth-order valence-electron chi connectivity index (χ4n) is 2.08. The number of ether oxygens (including phenoxy) is 1. The monoisotopic (exact) mass is 377 g/mol. The largest absolute Gasteiger partial charge is 0.444 e. The number of hydrogen-bond donors (Lipinski definition) is 2. The Balaban J connectivity index is 2.08. The number of benzene rings is 1. The highest BCUT2D eigenvalue weighted by atomic mass is 32.2. The van der Waals surface area contributed by atoms with Crippen LogP contribution in [0.4, 0.5) is 10.6 Å². The summed E-state index contributed by atoms with van der Waals surface area (Å²) in [6.07, 6.45) is 0.554. The van der Waals surface area contributed by atoms with Gasteiger partial charge in [-0.15, -0.1) is 0 Å².